The Balaban J connectivity index is 1.65. The van der Waals surface area contributed by atoms with Gasteiger partial charge in [0.15, 0.2) is 0 Å². The fraction of sp³-hybridized carbons (Fsp3) is 0.238. The van der Waals surface area contributed by atoms with E-state index < -0.39 is 0 Å². The van der Waals surface area contributed by atoms with Crippen molar-refractivity contribution in [2.75, 3.05) is 13.1 Å². The van der Waals surface area contributed by atoms with E-state index in [4.69, 9.17) is 0 Å². The first-order chi connectivity index (χ1) is 12.6. The van der Waals surface area contributed by atoms with Gasteiger partial charge in [-0.2, -0.15) is 0 Å². The van der Waals surface area contributed by atoms with Crippen molar-refractivity contribution in [2.45, 2.75) is 20.4 Å². The smallest absolute Gasteiger partial charge is 0.326 e. The molecule has 3 rings (SSSR count). The number of aromatic nitrogens is 1. The molecule has 0 saturated carbocycles. The summed E-state index contributed by atoms with van der Waals surface area (Å²) in [5.74, 6) is 0.0318. The first-order valence-electron chi connectivity index (χ1n) is 8.86. The number of para-hydroxylation sites is 1. The molecule has 0 atom stereocenters. The van der Waals surface area contributed by atoms with Crippen molar-refractivity contribution in [3.63, 3.8) is 0 Å². The molecule has 0 aliphatic heterocycles. The zero-order chi connectivity index (χ0) is 18.5. The minimum absolute atomic E-state index is 0.0318. The van der Waals surface area contributed by atoms with Crippen LogP contribution in [-0.4, -0.2) is 34.5 Å². The summed E-state index contributed by atoms with van der Waals surface area (Å²) in [7, 11) is 0. The van der Waals surface area contributed by atoms with E-state index in [1.807, 2.05) is 68.4 Å². The number of amides is 2. The fourth-order valence-corrected chi connectivity index (χ4v) is 2.98. The highest BCUT2D eigenvalue weighted by Gasteiger charge is 2.12. The average molecular weight is 349 g/mol. The number of carbonyl (C=O) groups excluding carboxylic acids is 2. The van der Waals surface area contributed by atoms with Gasteiger partial charge in [0, 0.05) is 36.8 Å². The number of hydrogen-bond donors (Lipinski definition) is 1. The lowest BCUT2D eigenvalue weighted by molar-refractivity contribution is 0.0773. The largest absolute Gasteiger partial charge is 0.339 e. The summed E-state index contributed by atoms with van der Waals surface area (Å²) in [6.07, 6.45) is 1.77. The van der Waals surface area contributed by atoms with E-state index in [2.05, 4.69) is 5.32 Å². The summed E-state index contributed by atoms with van der Waals surface area (Å²) in [6, 6.07) is 16.9. The van der Waals surface area contributed by atoms with Gasteiger partial charge in [-0.15, -0.1) is 0 Å². The minimum atomic E-state index is -0.172. The third kappa shape index (κ3) is 3.61. The van der Waals surface area contributed by atoms with Gasteiger partial charge in [0.25, 0.3) is 5.91 Å². The van der Waals surface area contributed by atoms with E-state index in [-0.39, 0.29) is 11.9 Å². The van der Waals surface area contributed by atoms with Crippen LogP contribution in [0.3, 0.4) is 0 Å². The summed E-state index contributed by atoms with van der Waals surface area (Å²) in [5, 5.41) is 3.95. The number of rotatable bonds is 5. The summed E-state index contributed by atoms with van der Waals surface area (Å²) in [5.41, 5.74) is 2.50. The van der Waals surface area contributed by atoms with E-state index in [0.717, 1.165) is 16.5 Å². The Morgan fingerprint density at radius 1 is 0.962 bits per heavy atom. The molecule has 0 saturated heterocycles. The van der Waals surface area contributed by atoms with Crippen LogP contribution in [0.2, 0.25) is 0 Å². The molecule has 1 heterocycles. The minimum Gasteiger partial charge on any atom is -0.339 e. The molecule has 5 nitrogen and oxygen atoms in total. The van der Waals surface area contributed by atoms with Crippen molar-refractivity contribution >= 4 is 22.8 Å². The van der Waals surface area contributed by atoms with E-state index in [1.54, 1.807) is 15.7 Å². The Morgan fingerprint density at radius 2 is 1.65 bits per heavy atom. The predicted molar refractivity (Wildman–Crippen MR) is 103 cm³/mol. The Morgan fingerprint density at radius 3 is 2.35 bits per heavy atom. The van der Waals surface area contributed by atoms with Crippen LogP contribution >= 0.6 is 0 Å². The van der Waals surface area contributed by atoms with Gasteiger partial charge in [-0.05, 0) is 43.7 Å². The van der Waals surface area contributed by atoms with Crippen molar-refractivity contribution in [1.29, 1.82) is 0 Å². The molecule has 2 amide bonds. The molecular weight excluding hydrogens is 326 g/mol. The molecule has 1 N–H and O–H groups in total. The number of carbonyl (C=O) groups is 2. The van der Waals surface area contributed by atoms with Crippen molar-refractivity contribution < 1.29 is 9.59 Å². The van der Waals surface area contributed by atoms with Gasteiger partial charge in [-0.3, -0.25) is 9.36 Å². The van der Waals surface area contributed by atoms with Gasteiger partial charge in [0.2, 0.25) is 0 Å². The first kappa shape index (κ1) is 17.7. The second kappa shape index (κ2) is 7.87. The molecule has 0 unspecified atom stereocenters. The second-order valence-corrected chi connectivity index (χ2v) is 6.08. The number of nitrogens with one attached hydrogen (secondary N) is 1. The maximum absolute atomic E-state index is 12.4. The fourth-order valence-electron chi connectivity index (χ4n) is 2.98. The van der Waals surface area contributed by atoms with Gasteiger partial charge in [0.1, 0.15) is 0 Å². The highest BCUT2D eigenvalue weighted by molar-refractivity contribution is 5.94. The molecule has 5 heteroatoms. The maximum atomic E-state index is 12.4. The molecule has 3 aromatic rings. The molecule has 0 bridgehead atoms. The molecule has 2 aromatic carbocycles. The molecule has 1 aromatic heterocycles. The standard InChI is InChI=1S/C21H23N3O2/c1-3-23(4-2)20(25)18-11-9-16(10-12-18)15-22-21(26)24-14-13-17-7-5-6-8-19(17)24/h5-14H,3-4,15H2,1-2H3,(H,22,26). The molecule has 0 spiro atoms. The van der Waals surface area contributed by atoms with Gasteiger partial charge < -0.3 is 10.2 Å². The third-order valence-corrected chi connectivity index (χ3v) is 4.51. The predicted octanol–water partition coefficient (Wildman–Crippen LogP) is 3.88. The van der Waals surface area contributed by atoms with Gasteiger partial charge in [-0.1, -0.05) is 30.3 Å². The zero-order valence-corrected chi connectivity index (χ0v) is 15.1. The lowest BCUT2D eigenvalue weighted by Gasteiger charge is -2.18. The molecular formula is C21H23N3O2. The highest BCUT2D eigenvalue weighted by Crippen LogP contribution is 2.15. The van der Waals surface area contributed by atoms with E-state index in [0.29, 0.717) is 25.2 Å². The Kier molecular flexibility index (Phi) is 5.37. The van der Waals surface area contributed by atoms with Crippen molar-refractivity contribution in [3.8, 4) is 0 Å². The van der Waals surface area contributed by atoms with Crippen LogP contribution in [0.5, 0.6) is 0 Å². The Bertz CT molecular complexity index is 908. The lowest BCUT2D eigenvalue weighted by Crippen LogP contribution is -2.30. The van der Waals surface area contributed by atoms with Crippen LogP contribution < -0.4 is 5.32 Å². The van der Waals surface area contributed by atoms with Crippen molar-refractivity contribution in [3.05, 3.63) is 71.9 Å². The molecule has 0 radical (unpaired) electrons. The summed E-state index contributed by atoms with van der Waals surface area (Å²) < 4.78 is 1.60. The Hall–Kier alpha value is -3.08. The van der Waals surface area contributed by atoms with Crippen molar-refractivity contribution in [2.24, 2.45) is 0 Å². The summed E-state index contributed by atoms with van der Waals surface area (Å²) in [6.45, 7) is 5.73. The SMILES string of the molecule is CCN(CC)C(=O)c1ccc(CNC(=O)n2ccc3ccccc32)cc1. The topological polar surface area (TPSA) is 54.3 Å². The Labute approximate surface area is 153 Å². The lowest BCUT2D eigenvalue weighted by atomic mass is 10.1. The summed E-state index contributed by atoms with van der Waals surface area (Å²) in [4.78, 5) is 26.5. The number of fused-ring (bicyclic) bond motifs is 1. The molecule has 26 heavy (non-hydrogen) atoms. The molecule has 0 aliphatic rings. The quantitative estimate of drug-likeness (QED) is 0.760. The van der Waals surface area contributed by atoms with E-state index in [9.17, 15) is 9.59 Å². The molecule has 134 valence electrons. The number of benzene rings is 2. The van der Waals surface area contributed by atoms with Crippen LogP contribution in [0, 0.1) is 0 Å². The van der Waals surface area contributed by atoms with E-state index >= 15 is 0 Å². The van der Waals surface area contributed by atoms with Crippen LogP contribution in [0.25, 0.3) is 10.9 Å². The first-order valence-corrected chi connectivity index (χ1v) is 8.86. The van der Waals surface area contributed by atoms with Crippen LogP contribution in [0.1, 0.15) is 29.8 Å². The molecule has 0 fully saturated rings. The maximum Gasteiger partial charge on any atom is 0.326 e. The third-order valence-electron chi connectivity index (χ3n) is 4.51. The average Bonchev–Trinajstić information content (AvgIpc) is 3.11. The zero-order valence-electron chi connectivity index (χ0n) is 15.1. The van der Waals surface area contributed by atoms with Crippen LogP contribution in [-0.2, 0) is 6.54 Å². The van der Waals surface area contributed by atoms with Gasteiger partial charge in [0.05, 0.1) is 5.52 Å². The molecule has 0 aliphatic carbocycles. The second-order valence-electron chi connectivity index (χ2n) is 6.08. The monoisotopic (exact) mass is 349 g/mol. The number of hydrogen-bond acceptors (Lipinski definition) is 2. The van der Waals surface area contributed by atoms with E-state index in [1.165, 1.54) is 0 Å². The van der Waals surface area contributed by atoms with Crippen molar-refractivity contribution in [1.82, 2.24) is 14.8 Å². The van der Waals surface area contributed by atoms with Crippen LogP contribution in [0.15, 0.2) is 60.8 Å². The summed E-state index contributed by atoms with van der Waals surface area (Å²) >= 11 is 0. The van der Waals surface area contributed by atoms with Gasteiger partial charge in [-0.25, -0.2) is 4.79 Å². The number of nitrogens with zero attached hydrogens (tertiary/aromatic N) is 2. The highest BCUT2D eigenvalue weighted by atomic mass is 16.2. The normalized spacial score (nSPS) is 10.7. The van der Waals surface area contributed by atoms with Gasteiger partial charge >= 0.3 is 6.03 Å². The van der Waals surface area contributed by atoms with Crippen LogP contribution in [0.4, 0.5) is 4.79 Å².